The van der Waals surface area contributed by atoms with Crippen molar-refractivity contribution < 1.29 is 4.42 Å². The van der Waals surface area contributed by atoms with Crippen molar-refractivity contribution in [1.29, 1.82) is 0 Å². The summed E-state index contributed by atoms with van der Waals surface area (Å²) in [6, 6.07) is 7.49. The predicted octanol–water partition coefficient (Wildman–Crippen LogP) is 3.63. The molecule has 0 amide bonds. The van der Waals surface area contributed by atoms with Crippen molar-refractivity contribution in [2.45, 2.75) is 50.2 Å². The largest absolute Gasteiger partial charge is 0.419 e. The molecule has 7 heteroatoms. The van der Waals surface area contributed by atoms with E-state index < -0.39 is 0 Å². The zero-order chi connectivity index (χ0) is 17.1. The van der Waals surface area contributed by atoms with Crippen molar-refractivity contribution >= 4 is 22.9 Å². The number of aromatic nitrogens is 4. The maximum Gasteiger partial charge on any atom is 0.419 e. The Morgan fingerprint density at radius 1 is 1.28 bits per heavy atom. The van der Waals surface area contributed by atoms with Gasteiger partial charge in [0.15, 0.2) is 5.58 Å². The number of nitrogens with one attached hydrogen (secondary N) is 1. The molecule has 0 aliphatic heterocycles. The molecule has 1 aromatic carbocycles. The van der Waals surface area contributed by atoms with Crippen LogP contribution in [0.2, 0.25) is 0 Å². The number of fused-ring (bicyclic) bond motifs is 1. The van der Waals surface area contributed by atoms with Crippen LogP contribution in [0.25, 0.3) is 11.1 Å². The Kier molecular flexibility index (Phi) is 4.92. The first kappa shape index (κ1) is 16.4. The normalized spacial score (nSPS) is 15.4. The van der Waals surface area contributed by atoms with Gasteiger partial charge in [-0.3, -0.25) is 9.67 Å². The van der Waals surface area contributed by atoms with Gasteiger partial charge in [0, 0.05) is 18.7 Å². The molecule has 0 radical (unpaired) electrons. The van der Waals surface area contributed by atoms with Gasteiger partial charge in [0.2, 0.25) is 5.16 Å². The minimum atomic E-state index is -0.311. The highest BCUT2D eigenvalue weighted by Crippen LogP contribution is 2.28. The Hall–Kier alpha value is -2.02. The fourth-order valence-electron chi connectivity index (χ4n) is 3.55. The first-order valence-corrected chi connectivity index (χ1v) is 9.90. The van der Waals surface area contributed by atoms with E-state index in [9.17, 15) is 4.79 Å². The molecule has 1 aliphatic rings. The van der Waals surface area contributed by atoms with Gasteiger partial charge in [0.1, 0.15) is 5.82 Å². The van der Waals surface area contributed by atoms with Crippen LogP contribution in [0.4, 0.5) is 0 Å². The lowest BCUT2D eigenvalue weighted by Crippen LogP contribution is -2.15. The average molecular weight is 358 g/mol. The monoisotopic (exact) mass is 358 g/mol. The summed E-state index contributed by atoms with van der Waals surface area (Å²) < 4.78 is 6.91. The molecule has 1 saturated carbocycles. The number of hydrogen-bond acceptors (Lipinski definition) is 5. The highest BCUT2D eigenvalue weighted by atomic mass is 32.2. The van der Waals surface area contributed by atoms with Gasteiger partial charge in [0.25, 0.3) is 0 Å². The zero-order valence-electron chi connectivity index (χ0n) is 14.1. The Morgan fingerprint density at radius 2 is 2.12 bits per heavy atom. The van der Waals surface area contributed by atoms with E-state index in [1.54, 1.807) is 16.3 Å². The Bertz CT molecular complexity index is 892. The molecule has 1 aliphatic carbocycles. The summed E-state index contributed by atoms with van der Waals surface area (Å²) in [4.78, 5) is 16.5. The van der Waals surface area contributed by atoms with Crippen LogP contribution in [0.15, 0.2) is 38.6 Å². The SMILES string of the molecule is O=c1oc2ccccc2n1CCSc1n[nH]c(CCC2CCCC2)n1. The third kappa shape index (κ3) is 3.81. The minimum absolute atomic E-state index is 0.311. The van der Waals surface area contributed by atoms with E-state index in [2.05, 4.69) is 15.2 Å². The Morgan fingerprint density at radius 3 is 3.00 bits per heavy atom. The van der Waals surface area contributed by atoms with Gasteiger partial charge in [-0.1, -0.05) is 49.6 Å². The van der Waals surface area contributed by atoms with Crippen molar-refractivity contribution in [3.63, 3.8) is 0 Å². The van der Waals surface area contributed by atoms with E-state index >= 15 is 0 Å². The van der Waals surface area contributed by atoms with Crippen LogP contribution in [0.5, 0.6) is 0 Å². The van der Waals surface area contributed by atoms with Crippen molar-refractivity contribution in [2.75, 3.05) is 5.75 Å². The molecule has 25 heavy (non-hydrogen) atoms. The standard InChI is InChI=1S/C18H22N4O2S/c23-18-22(14-7-3-4-8-15(14)24-18)11-12-25-17-19-16(20-21-17)10-9-13-5-1-2-6-13/h3-4,7-8,13H,1-2,5-6,9-12H2,(H,19,20,21). The first-order chi connectivity index (χ1) is 12.3. The van der Waals surface area contributed by atoms with Crippen molar-refractivity contribution in [3.8, 4) is 0 Å². The van der Waals surface area contributed by atoms with E-state index in [1.165, 1.54) is 32.1 Å². The van der Waals surface area contributed by atoms with Gasteiger partial charge in [-0.25, -0.2) is 9.78 Å². The second-order valence-corrected chi connectivity index (χ2v) is 7.65. The summed E-state index contributed by atoms with van der Waals surface area (Å²) in [5.41, 5.74) is 1.46. The number of thioether (sulfide) groups is 1. The summed E-state index contributed by atoms with van der Waals surface area (Å²) in [6.07, 6.45) is 7.67. The lowest BCUT2D eigenvalue weighted by molar-refractivity contribution is 0.497. The maximum absolute atomic E-state index is 11.9. The highest BCUT2D eigenvalue weighted by Gasteiger charge is 2.15. The number of H-pyrrole nitrogens is 1. The molecule has 1 fully saturated rings. The van der Waals surface area contributed by atoms with Crippen LogP contribution >= 0.6 is 11.8 Å². The molecular weight excluding hydrogens is 336 g/mol. The summed E-state index contributed by atoms with van der Waals surface area (Å²) in [6.45, 7) is 0.576. The van der Waals surface area contributed by atoms with Crippen LogP contribution in [0.1, 0.15) is 37.9 Å². The van der Waals surface area contributed by atoms with Gasteiger partial charge >= 0.3 is 5.76 Å². The molecule has 2 heterocycles. The molecular formula is C18H22N4O2S. The van der Waals surface area contributed by atoms with Crippen molar-refractivity contribution in [2.24, 2.45) is 5.92 Å². The summed E-state index contributed by atoms with van der Waals surface area (Å²) in [5, 5.41) is 8.08. The highest BCUT2D eigenvalue weighted by molar-refractivity contribution is 7.99. The molecule has 3 aromatic rings. The second kappa shape index (κ2) is 7.47. The van der Waals surface area contributed by atoms with Gasteiger partial charge in [0.05, 0.1) is 5.52 Å². The molecule has 1 N–H and O–H groups in total. The third-order valence-corrected chi connectivity index (χ3v) is 5.72. The smallest absolute Gasteiger partial charge is 0.408 e. The zero-order valence-corrected chi connectivity index (χ0v) is 14.9. The van der Waals surface area contributed by atoms with Crippen molar-refractivity contribution in [1.82, 2.24) is 19.7 Å². The summed E-state index contributed by atoms with van der Waals surface area (Å²) in [5.74, 6) is 2.25. The molecule has 0 atom stereocenters. The van der Waals surface area contributed by atoms with Gasteiger partial charge in [-0.2, -0.15) is 0 Å². The van der Waals surface area contributed by atoms with Crippen LogP contribution in [-0.4, -0.2) is 25.5 Å². The lowest BCUT2D eigenvalue weighted by atomic mass is 10.0. The molecule has 0 unspecified atom stereocenters. The van der Waals surface area contributed by atoms with Crippen molar-refractivity contribution in [3.05, 3.63) is 40.6 Å². The van der Waals surface area contributed by atoms with E-state index in [-0.39, 0.29) is 5.76 Å². The van der Waals surface area contributed by atoms with Gasteiger partial charge < -0.3 is 4.42 Å². The van der Waals surface area contributed by atoms with E-state index in [1.807, 2.05) is 24.3 Å². The molecule has 0 spiro atoms. The Labute approximate surface area is 150 Å². The number of rotatable bonds is 7. The van der Waals surface area contributed by atoms with Crippen LogP contribution < -0.4 is 5.76 Å². The number of aryl methyl sites for hydroxylation is 2. The van der Waals surface area contributed by atoms with Crippen LogP contribution in [0.3, 0.4) is 0 Å². The van der Waals surface area contributed by atoms with Gasteiger partial charge in [-0.15, -0.1) is 5.10 Å². The average Bonchev–Trinajstić information content (AvgIpc) is 3.34. The molecule has 132 valence electrons. The van der Waals surface area contributed by atoms with Crippen LogP contribution in [-0.2, 0) is 13.0 Å². The molecule has 2 aromatic heterocycles. The van der Waals surface area contributed by atoms with E-state index in [0.717, 1.165) is 34.6 Å². The fraction of sp³-hybridized carbons (Fsp3) is 0.500. The molecule has 6 nitrogen and oxygen atoms in total. The second-order valence-electron chi connectivity index (χ2n) is 6.59. The number of oxazole rings is 1. The quantitative estimate of drug-likeness (QED) is 0.653. The molecule has 0 bridgehead atoms. The summed E-state index contributed by atoms with van der Waals surface area (Å²) in [7, 11) is 0. The minimum Gasteiger partial charge on any atom is -0.408 e. The van der Waals surface area contributed by atoms with Gasteiger partial charge in [-0.05, 0) is 24.5 Å². The first-order valence-electron chi connectivity index (χ1n) is 8.92. The Balaban J connectivity index is 1.31. The number of para-hydroxylation sites is 2. The number of nitrogens with zero attached hydrogens (tertiary/aromatic N) is 3. The topological polar surface area (TPSA) is 76.7 Å². The lowest BCUT2D eigenvalue weighted by Gasteiger charge is -2.05. The van der Waals surface area contributed by atoms with E-state index in [0.29, 0.717) is 12.1 Å². The third-order valence-electron chi connectivity index (χ3n) is 4.90. The molecule has 0 saturated heterocycles. The van der Waals surface area contributed by atoms with E-state index in [4.69, 9.17) is 4.42 Å². The number of hydrogen-bond donors (Lipinski definition) is 1. The number of aromatic amines is 1. The maximum atomic E-state index is 11.9. The predicted molar refractivity (Wildman–Crippen MR) is 97.9 cm³/mol. The summed E-state index contributed by atoms with van der Waals surface area (Å²) >= 11 is 1.56. The molecule has 4 rings (SSSR count). The number of benzene rings is 1. The fourth-order valence-corrected chi connectivity index (χ4v) is 4.29. The van der Waals surface area contributed by atoms with Crippen LogP contribution in [0, 0.1) is 5.92 Å².